The standard InChI is InChI=1S/C22H24N6O2/c1-26-13-15-27(16-14-26)18-9-7-17(8-10-18)24-21-23-12-11-20(25-21)28(22(29)30)19-5-3-2-4-6-19/h2-12H,13-16H2,1H3,(H,29,30)(H,23,24,25). The minimum Gasteiger partial charge on any atom is -0.464 e. The second-order valence-electron chi connectivity index (χ2n) is 7.15. The lowest BCUT2D eigenvalue weighted by Crippen LogP contribution is -2.44. The first-order valence-corrected chi connectivity index (χ1v) is 9.82. The molecule has 0 radical (unpaired) electrons. The maximum absolute atomic E-state index is 11.8. The molecule has 1 saturated heterocycles. The van der Waals surface area contributed by atoms with Crippen LogP contribution in [0.1, 0.15) is 0 Å². The van der Waals surface area contributed by atoms with Gasteiger partial charge in [0.05, 0.1) is 5.69 Å². The number of carboxylic acid groups (broad SMARTS) is 1. The molecule has 1 fully saturated rings. The summed E-state index contributed by atoms with van der Waals surface area (Å²) in [5.74, 6) is 0.613. The Kier molecular flexibility index (Phi) is 5.76. The predicted octanol–water partition coefficient (Wildman–Crippen LogP) is 3.79. The number of hydrogen-bond donors (Lipinski definition) is 2. The molecule has 30 heavy (non-hydrogen) atoms. The van der Waals surface area contributed by atoms with Crippen LogP contribution in [0.4, 0.5) is 33.6 Å². The zero-order valence-electron chi connectivity index (χ0n) is 16.8. The largest absolute Gasteiger partial charge is 0.464 e. The number of likely N-dealkylation sites (N-methyl/N-ethyl adjacent to an activating group) is 1. The third-order valence-corrected chi connectivity index (χ3v) is 5.07. The van der Waals surface area contributed by atoms with E-state index in [2.05, 4.69) is 44.3 Å². The highest BCUT2D eigenvalue weighted by Crippen LogP contribution is 2.25. The van der Waals surface area contributed by atoms with Crippen molar-refractivity contribution in [2.45, 2.75) is 0 Å². The van der Waals surface area contributed by atoms with Crippen LogP contribution in [0.3, 0.4) is 0 Å². The molecule has 1 aliphatic rings. The van der Waals surface area contributed by atoms with E-state index in [9.17, 15) is 9.90 Å². The highest BCUT2D eigenvalue weighted by Gasteiger charge is 2.19. The number of hydrogen-bond acceptors (Lipinski definition) is 6. The SMILES string of the molecule is CN1CCN(c2ccc(Nc3nccc(N(C(=O)O)c4ccccc4)n3)cc2)CC1. The van der Waals surface area contributed by atoms with E-state index < -0.39 is 6.09 Å². The number of nitrogens with one attached hydrogen (secondary N) is 1. The van der Waals surface area contributed by atoms with E-state index in [1.165, 1.54) is 5.69 Å². The molecule has 3 aromatic rings. The van der Waals surface area contributed by atoms with E-state index in [1.54, 1.807) is 36.5 Å². The number of rotatable bonds is 5. The van der Waals surface area contributed by atoms with Gasteiger partial charge in [0, 0.05) is 49.8 Å². The van der Waals surface area contributed by atoms with Crippen molar-refractivity contribution in [2.24, 2.45) is 0 Å². The summed E-state index contributed by atoms with van der Waals surface area (Å²) in [7, 11) is 2.14. The van der Waals surface area contributed by atoms with Gasteiger partial charge in [-0.15, -0.1) is 0 Å². The van der Waals surface area contributed by atoms with Gasteiger partial charge in [0.15, 0.2) is 0 Å². The Balaban J connectivity index is 1.50. The number of carbonyl (C=O) groups is 1. The van der Waals surface area contributed by atoms with E-state index >= 15 is 0 Å². The molecule has 0 saturated carbocycles. The lowest BCUT2D eigenvalue weighted by Gasteiger charge is -2.34. The summed E-state index contributed by atoms with van der Waals surface area (Å²) < 4.78 is 0. The van der Waals surface area contributed by atoms with Crippen molar-refractivity contribution < 1.29 is 9.90 Å². The molecular weight excluding hydrogens is 380 g/mol. The average molecular weight is 404 g/mol. The Labute approximate surface area is 175 Å². The maximum Gasteiger partial charge on any atom is 0.417 e. The normalized spacial score (nSPS) is 14.4. The Hall–Kier alpha value is -3.65. The van der Waals surface area contributed by atoms with Crippen LogP contribution in [0.2, 0.25) is 0 Å². The van der Waals surface area contributed by atoms with E-state index in [0.29, 0.717) is 11.6 Å². The Morgan fingerprint density at radius 2 is 1.70 bits per heavy atom. The topological polar surface area (TPSA) is 84.8 Å². The highest BCUT2D eigenvalue weighted by molar-refractivity contribution is 5.93. The van der Waals surface area contributed by atoms with Crippen molar-refractivity contribution in [3.63, 3.8) is 0 Å². The summed E-state index contributed by atoms with van der Waals surface area (Å²) in [4.78, 5) is 26.3. The van der Waals surface area contributed by atoms with Crippen LogP contribution in [-0.4, -0.2) is 59.3 Å². The van der Waals surface area contributed by atoms with Gasteiger partial charge in [0.1, 0.15) is 5.82 Å². The van der Waals surface area contributed by atoms with E-state index in [-0.39, 0.29) is 5.82 Å². The number of para-hydroxylation sites is 1. The van der Waals surface area contributed by atoms with Gasteiger partial charge >= 0.3 is 6.09 Å². The first-order chi connectivity index (χ1) is 14.6. The number of amides is 1. The van der Waals surface area contributed by atoms with Crippen LogP contribution in [-0.2, 0) is 0 Å². The van der Waals surface area contributed by atoms with Crippen LogP contribution in [0.25, 0.3) is 0 Å². The summed E-state index contributed by atoms with van der Waals surface area (Å²) in [6, 6.07) is 18.5. The molecule has 0 bridgehead atoms. The monoisotopic (exact) mass is 404 g/mol. The average Bonchev–Trinajstić information content (AvgIpc) is 2.76. The van der Waals surface area contributed by atoms with Crippen molar-refractivity contribution in [3.8, 4) is 0 Å². The van der Waals surface area contributed by atoms with E-state index in [4.69, 9.17) is 0 Å². The molecule has 0 atom stereocenters. The van der Waals surface area contributed by atoms with Crippen molar-refractivity contribution in [2.75, 3.05) is 48.3 Å². The smallest absolute Gasteiger partial charge is 0.417 e. The van der Waals surface area contributed by atoms with Gasteiger partial charge in [0.2, 0.25) is 5.95 Å². The third kappa shape index (κ3) is 4.49. The molecule has 1 amide bonds. The minimum absolute atomic E-state index is 0.278. The Bertz CT molecular complexity index is 988. The molecule has 0 spiro atoms. The van der Waals surface area contributed by atoms with Gasteiger partial charge in [-0.05, 0) is 43.4 Å². The molecule has 0 aliphatic carbocycles. The van der Waals surface area contributed by atoms with Gasteiger partial charge in [-0.3, -0.25) is 0 Å². The molecule has 1 aromatic heterocycles. The second-order valence-corrected chi connectivity index (χ2v) is 7.15. The summed E-state index contributed by atoms with van der Waals surface area (Å²) in [6.45, 7) is 4.14. The third-order valence-electron chi connectivity index (χ3n) is 5.07. The van der Waals surface area contributed by atoms with Gasteiger partial charge in [-0.25, -0.2) is 14.7 Å². The van der Waals surface area contributed by atoms with Crippen molar-refractivity contribution in [1.82, 2.24) is 14.9 Å². The van der Waals surface area contributed by atoms with Crippen LogP contribution in [0, 0.1) is 0 Å². The number of anilines is 5. The lowest BCUT2D eigenvalue weighted by atomic mass is 10.2. The van der Waals surface area contributed by atoms with Crippen molar-refractivity contribution in [3.05, 3.63) is 66.9 Å². The number of piperazine rings is 1. The molecule has 1 aliphatic heterocycles. The molecule has 8 heteroatoms. The van der Waals surface area contributed by atoms with Crippen LogP contribution < -0.4 is 15.1 Å². The summed E-state index contributed by atoms with van der Waals surface area (Å²) >= 11 is 0. The summed E-state index contributed by atoms with van der Waals surface area (Å²) in [5, 5.41) is 12.8. The van der Waals surface area contributed by atoms with Crippen LogP contribution in [0.5, 0.6) is 0 Å². The Morgan fingerprint density at radius 3 is 2.37 bits per heavy atom. The lowest BCUT2D eigenvalue weighted by molar-refractivity contribution is 0.204. The quantitative estimate of drug-likeness (QED) is 0.669. The fraction of sp³-hybridized carbons (Fsp3) is 0.227. The zero-order chi connectivity index (χ0) is 20.9. The van der Waals surface area contributed by atoms with Gasteiger partial charge in [-0.1, -0.05) is 18.2 Å². The molecule has 2 N–H and O–H groups in total. The highest BCUT2D eigenvalue weighted by atomic mass is 16.4. The molecule has 8 nitrogen and oxygen atoms in total. The second kappa shape index (κ2) is 8.79. The van der Waals surface area contributed by atoms with Crippen LogP contribution >= 0.6 is 0 Å². The molecule has 154 valence electrons. The fourth-order valence-corrected chi connectivity index (χ4v) is 3.40. The molecule has 2 heterocycles. The van der Waals surface area contributed by atoms with Crippen molar-refractivity contribution >= 4 is 34.9 Å². The van der Waals surface area contributed by atoms with E-state index in [0.717, 1.165) is 36.8 Å². The first-order valence-electron chi connectivity index (χ1n) is 9.82. The zero-order valence-corrected chi connectivity index (χ0v) is 16.8. The molecule has 4 rings (SSSR count). The van der Waals surface area contributed by atoms with Gasteiger partial charge < -0.3 is 20.2 Å². The number of aromatic nitrogens is 2. The fourth-order valence-electron chi connectivity index (χ4n) is 3.40. The maximum atomic E-state index is 11.8. The Morgan fingerprint density at radius 1 is 1.00 bits per heavy atom. The molecule has 2 aromatic carbocycles. The number of benzene rings is 2. The van der Waals surface area contributed by atoms with E-state index in [1.807, 2.05) is 18.2 Å². The summed E-state index contributed by atoms with van der Waals surface area (Å²) in [6.07, 6.45) is 0.435. The predicted molar refractivity (Wildman–Crippen MR) is 118 cm³/mol. The van der Waals surface area contributed by atoms with Crippen LogP contribution in [0.15, 0.2) is 66.9 Å². The molecule has 0 unspecified atom stereocenters. The van der Waals surface area contributed by atoms with Crippen molar-refractivity contribution in [1.29, 1.82) is 0 Å². The van der Waals surface area contributed by atoms with Gasteiger partial charge in [-0.2, -0.15) is 4.98 Å². The summed E-state index contributed by atoms with van der Waals surface area (Å²) in [5.41, 5.74) is 2.54. The first kappa shape index (κ1) is 19.7. The minimum atomic E-state index is -1.11. The van der Waals surface area contributed by atoms with Gasteiger partial charge in [0.25, 0.3) is 0 Å². The molecular formula is C22H24N6O2. The number of nitrogens with zero attached hydrogens (tertiary/aromatic N) is 5.